The quantitative estimate of drug-likeness (QED) is 0.0886. The molecule has 0 bridgehead atoms. The number of benzene rings is 5. The summed E-state index contributed by atoms with van der Waals surface area (Å²) in [6.45, 7) is 11.9. The Hall–Kier alpha value is -5.80. The van der Waals surface area contributed by atoms with Crippen molar-refractivity contribution in [3.63, 3.8) is 0 Å². The minimum Gasteiger partial charge on any atom is -0.497 e. The van der Waals surface area contributed by atoms with Gasteiger partial charge in [-0.3, -0.25) is 0 Å². The van der Waals surface area contributed by atoms with E-state index in [1.165, 1.54) is 5.06 Å². The Morgan fingerprint density at radius 2 is 1.15 bits per heavy atom. The van der Waals surface area contributed by atoms with E-state index in [0.717, 1.165) is 44.3 Å². The highest BCUT2D eigenvalue weighted by Gasteiger charge is 2.60. The topological polar surface area (TPSA) is 117 Å². The Morgan fingerprint density at radius 1 is 0.677 bits per heavy atom. The van der Waals surface area contributed by atoms with Gasteiger partial charge in [-0.15, -0.1) is 0 Å². The van der Waals surface area contributed by atoms with E-state index in [9.17, 15) is 5.21 Å². The Labute approximate surface area is 383 Å². The van der Waals surface area contributed by atoms with E-state index in [4.69, 9.17) is 42.8 Å². The SMILES string of the molecule is COc1ccc(COc2nc(N(Cc3ccc(OC)cc3)Cc3ccc(OC)cc3)ncc2[C@H]2[C@@H]3OC(C)(C)O[C@@H]3[C@@H](CO[Si](c3ccccc3)(c3ccccc3)C(C)(C)C)N2O)cc1. The molecule has 1 N–H and O–H groups in total. The van der Waals surface area contributed by atoms with Crippen molar-refractivity contribution in [1.29, 1.82) is 0 Å². The van der Waals surface area contributed by atoms with Crippen molar-refractivity contribution < 1.29 is 38.1 Å². The molecule has 0 unspecified atom stereocenters. The zero-order chi connectivity index (χ0) is 45.8. The number of fused-ring (bicyclic) bond motifs is 1. The fourth-order valence-electron chi connectivity index (χ4n) is 9.14. The van der Waals surface area contributed by atoms with Crippen LogP contribution >= 0.6 is 0 Å². The van der Waals surface area contributed by atoms with Gasteiger partial charge in [-0.2, -0.15) is 10.0 Å². The summed E-state index contributed by atoms with van der Waals surface area (Å²) in [5.41, 5.74) is 3.54. The van der Waals surface area contributed by atoms with Gasteiger partial charge in [0.2, 0.25) is 11.8 Å². The zero-order valence-corrected chi connectivity index (χ0v) is 39.5. The Bertz CT molecular complexity index is 2380. The van der Waals surface area contributed by atoms with Crippen LogP contribution < -0.4 is 34.2 Å². The highest BCUT2D eigenvalue weighted by atomic mass is 28.4. The third kappa shape index (κ3) is 9.76. The number of hydrogen-bond acceptors (Lipinski definition) is 12. The molecule has 2 aliphatic heterocycles. The first kappa shape index (κ1) is 45.8. The van der Waals surface area contributed by atoms with E-state index in [-0.39, 0.29) is 18.3 Å². The van der Waals surface area contributed by atoms with Crippen molar-refractivity contribution in [2.24, 2.45) is 0 Å². The minimum atomic E-state index is -3.00. The maximum absolute atomic E-state index is 12.6. The Balaban J connectivity index is 1.19. The molecule has 340 valence electrons. The Kier molecular flexibility index (Phi) is 13.6. The van der Waals surface area contributed by atoms with Crippen molar-refractivity contribution in [2.45, 2.75) is 89.4 Å². The van der Waals surface area contributed by atoms with Crippen LogP contribution in [0.5, 0.6) is 23.1 Å². The van der Waals surface area contributed by atoms with Crippen LogP contribution in [0.1, 0.15) is 62.9 Å². The van der Waals surface area contributed by atoms with Gasteiger partial charge in [0.25, 0.3) is 8.32 Å². The van der Waals surface area contributed by atoms with Crippen LogP contribution in [0.25, 0.3) is 0 Å². The van der Waals surface area contributed by atoms with Crippen LogP contribution in [-0.2, 0) is 33.6 Å². The summed E-state index contributed by atoms with van der Waals surface area (Å²) in [5.74, 6) is 2.09. The number of methoxy groups -OCH3 is 3. The molecule has 4 atom stereocenters. The number of hydrogen-bond donors (Lipinski definition) is 1. The van der Waals surface area contributed by atoms with Crippen LogP contribution in [-0.4, -0.2) is 80.5 Å². The molecule has 0 radical (unpaired) electrons. The summed E-state index contributed by atoms with van der Waals surface area (Å²) >= 11 is 0. The summed E-state index contributed by atoms with van der Waals surface area (Å²) in [6, 6.07) is 43.2. The molecule has 0 amide bonds. The molecule has 8 rings (SSSR count). The number of ether oxygens (including phenoxy) is 6. The van der Waals surface area contributed by atoms with Crippen molar-refractivity contribution in [2.75, 3.05) is 32.8 Å². The van der Waals surface area contributed by atoms with E-state index in [1.54, 1.807) is 27.5 Å². The third-order valence-electron chi connectivity index (χ3n) is 12.3. The predicted molar refractivity (Wildman–Crippen MR) is 253 cm³/mol. The molecule has 0 saturated carbocycles. The maximum atomic E-state index is 12.6. The number of hydroxylamine groups is 2. The highest BCUT2D eigenvalue weighted by molar-refractivity contribution is 6.99. The lowest BCUT2D eigenvalue weighted by molar-refractivity contribution is -0.220. The van der Waals surface area contributed by atoms with Crippen molar-refractivity contribution in [3.8, 4) is 23.1 Å². The van der Waals surface area contributed by atoms with Crippen LogP contribution in [0.4, 0.5) is 5.95 Å². The van der Waals surface area contributed by atoms with Gasteiger partial charge in [-0.05, 0) is 82.3 Å². The van der Waals surface area contributed by atoms with Crippen LogP contribution in [0.2, 0.25) is 5.04 Å². The Morgan fingerprint density at radius 3 is 1.63 bits per heavy atom. The summed E-state index contributed by atoms with van der Waals surface area (Å²) < 4.78 is 43.9. The molecule has 65 heavy (non-hydrogen) atoms. The summed E-state index contributed by atoms with van der Waals surface area (Å²) in [5, 5.41) is 15.9. The van der Waals surface area contributed by atoms with Crippen molar-refractivity contribution in [1.82, 2.24) is 15.0 Å². The molecule has 0 spiro atoms. The number of nitrogens with zero attached hydrogens (tertiary/aromatic N) is 4. The lowest BCUT2D eigenvalue weighted by Gasteiger charge is -2.44. The molecule has 0 aliphatic carbocycles. The molecule has 2 fully saturated rings. The van der Waals surface area contributed by atoms with Gasteiger partial charge in [-0.25, -0.2) is 4.98 Å². The predicted octanol–water partition coefficient (Wildman–Crippen LogP) is 8.50. The number of anilines is 1. The lowest BCUT2D eigenvalue weighted by Crippen LogP contribution is -2.67. The fourth-order valence-corrected chi connectivity index (χ4v) is 13.7. The van der Waals surface area contributed by atoms with Gasteiger partial charge in [-0.1, -0.05) is 118 Å². The lowest BCUT2D eigenvalue weighted by atomic mass is 10.0. The third-order valence-corrected chi connectivity index (χ3v) is 17.3. The molecule has 13 heteroatoms. The average Bonchev–Trinajstić information content (AvgIpc) is 3.76. The summed E-state index contributed by atoms with van der Waals surface area (Å²) in [7, 11) is 1.95. The van der Waals surface area contributed by atoms with Gasteiger partial charge < -0.3 is 43.0 Å². The molecule has 3 heterocycles. The first-order chi connectivity index (χ1) is 31.3. The molecule has 12 nitrogen and oxygen atoms in total. The molecule has 2 aliphatic rings. The van der Waals surface area contributed by atoms with Gasteiger partial charge in [0.1, 0.15) is 36.1 Å². The fraction of sp³-hybridized carbons (Fsp3) is 0.346. The van der Waals surface area contributed by atoms with Gasteiger partial charge in [0.15, 0.2) is 5.79 Å². The average molecular weight is 897 g/mol. The largest absolute Gasteiger partial charge is 0.497 e. The smallest absolute Gasteiger partial charge is 0.261 e. The number of aromatic nitrogens is 2. The van der Waals surface area contributed by atoms with Gasteiger partial charge in [0, 0.05) is 19.3 Å². The standard InChI is InChI=1S/C52H60N4O8Si/c1-51(2,3)65(42-15-11-9-12-16-42,43-17-13-10-14-18-43)62-35-45-47-48(64-52(4,5)63-47)46(56(45)57)44-31-53-50(54-49(44)61-34-38-23-29-41(60-8)30-24-38)55(32-36-19-25-39(58-6)26-20-36)33-37-21-27-40(59-7)28-22-37/h9-31,45-48,57H,32-35H2,1-8H3/t45-,46+,47-,48+/m1/s1. The van der Waals surface area contributed by atoms with Crippen molar-refractivity contribution in [3.05, 3.63) is 162 Å². The monoisotopic (exact) mass is 896 g/mol. The van der Waals surface area contributed by atoms with Crippen LogP contribution in [0, 0.1) is 0 Å². The van der Waals surface area contributed by atoms with E-state index in [2.05, 4.69) is 74.2 Å². The van der Waals surface area contributed by atoms with Gasteiger partial charge in [0.05, 0.1) is 45.6 Å². The molecule has 6 aromatic rings. The normalized spacial score (nSPS) is 19.4. The second-order valence-electron chi connectivity index (χ2n) is 18.1. The summed E-state index contributed by atoms with van der Waals surface area (Å²) in [6.07, 6.45) is 0.579. The van der Waals surface area contributed by atoms with E-state index < -0.39 is 38.4 Å². The first-order valence-corrected chi connectivity index (χ1v) is 23.9. The molecular formula is C52H60N4O8Si. The van der Waals surface area contributed by atoms with Crippen molar-refractivity contribution >= 4 is 24.6 Å². The number of rotatable bonds is 17. The van der Waals surface area contributed by atoms with E-state index in [0.29, 0.717) is 30.5 Å². The van der Waals surface area contributed by atoms with Crippen LogP contribution in [0.3, 0.4) is 0 Å². The first-order valence-electron chi connectivity index (χ1n) is 22.0. The molecule has 5 aromatic carbocycles. The molecule has 1 aromatic heterocycles. The second-order valence-corrected chi connectivity index (χ2v) is 22.4. The highest BCUT2D eigenvalue weighted by Crippen LogP contribution is 2.49. The summed E-state index contributed by atoms with van der Waals surface area (Å²) in [4.78, 5) is 12.3. The molecule has 2 saturated heterocycles. The van der Waals surface area contributed by atoms with Gasteiger partial charge >= 0.3 is 0 Å². The molecular weight excluding hydrogens is 837 g/mol. The van der Waals surface area contributed by atoms with Crippen LogP contribution in [0.15, 0.2) is 140 Å². The second kappa shape index (κ2) is 19.3. The van der Waals surface area contributed by atoms with E-state index in [1.807, 2.05) is 98.8 Å². The maximum Gasteiger partial charge on any atom is 0.261 e. The minimum absolute atomic E-state index is 0.166. The van der Waals surface area contributed by atoms with E-state index >= 15 is 0 Å². The zero-order valence-electron chi connectivity index (χ0n) is 38.5.